The summed E-state index contributed by atoms with van der Waals surface area (Å²) in [7, 11) is 0. The molecule has 0 saturated carbocycles. The van der Waals surface area contributed by atoms with Gasteiger partial charge in [0.15, 0.2) is 5.11 Å². The number of aromatic hydroxyl groups is 1. The fourth-order valence-electron chi connectivity index (χ4n) is 5.38. The van der Waals surface area contributed by atoms with E-state index in [-0.39, 0.29) is 17.8 Å². The Morgan fingerprint density at radius 2 is 1.62 bits per heavy atom. The number of aryl methyl sites for hydroxylation is 1. The minimum atomic E-state index is -0.204. The highest BCUT2D eigenvalue weighted by molar-refractivity contribution is 7.80. The van der Waals surface area contributed by atoms with E-state index in [1.807, 2.05) is 84.3 Å². The maximum absolute atomic E-state index is 10.7. The van der Waals surface area contributed by atoms with Gasteiger partial charge in [-0.1, -0.05) is 35.9 Å². The summed E-state index contributed by atoms with van der Waals surface area (Å²) in [5.74, 6) is 1.67. The van der Waals surface area contributed by atoms with E-state index in [1.54, 1.807) is 24.4 Å². The van der Waals surface area contributed by atoms with Gasteiger partial charge in [0, 0.05) is 28.3 Å². The molecule has 40 heavy (non-hydrogen) atoms. The van der Waals surface area contributed by atoms with E-state index in [0.717, 1.165) is 39.8 Å². The first-order chi connectivity index (χ1) is 19.4. The zero-order valence-electron chi connectivity index (χ0n) is 22.0. The van der Waals surface area contributed by atoms with Crippen LogP contribution in [0.4, 0.5) is 5.69 Å². The lowest BCUT2D eigenvalue weighted by Crippen LogP contribution is -2.29. The third-order valence-corrected chi connectivity index (χ3v) is 7.71. The third kappa shape index (κ3) is 4.78. The summed E-state index contributed by atoms with van der Waals surface area (Å²) in [5.41, 5.74) is 5.44. The second-order valence-corrected chi connectivity index (χ2v) is 10.5. The molecule has 0 unspecified atom stereocenters. The van der Waals surface area contributed by atoms with Gasteiger partial charge in [-0.2, -0.15) is 0 Å². The lowest BCUT2D eigenvalue weighted by atomic mass is 9.96. The fourth-order valence-corrected chi connectivity index (χ4v) is 5.89. The first kappa shape index (κ1) is 25.9. The van der Waals surface area contributed by atoms with Crippen molar-refractivity contribution in [1.82, 2.24) is 14.9 Å². The number of hydrogen-bond donors (Lipinski definition) is 2. The minimum absolute atomic E-state index is 0.157. The van der Waals surface area contributed by atoms with Crippen LogP contribution in [0.3, 0.4) is 0 Å². The average Bonchev–Trinajstić information content (AvgIpc) is 3.46. The van der Waals surface area contributed by atoms with Crippen LogP contribution < -0.4 is 15.0 Å². The summed E-state index contributed by atoms with van der Waals surface area (Å²) in [6.45, 7) is 4.07. The molecule has 0 bridgehead atoms. The largest absolute Gasteiger partial charge is 0.506 e. The fraction of sp³-hybridized carbons (Fsp3) is 0.125. The van der Waals surface area contributed by atoms with Gasteiger partial charge in [0.25, 0.3) is 0 Å². The summed E-state index contributed by atoms with van der Waals surface area (Å²) in [4.78, 5) is 6.80. The van der Waals surface area contributed by atoms with E-state index < -0.39 is 0 Å². The number of para-hydroxylation sites is 1. The molecule has 3 heterocycles. The van der Waals surface area contributed by atoms with Gasteiger partial charge >= 0.3 is 0 Å². The van der Waals surface area contributed by atoms with E-state index in [4.69, 9.17) is 28.6 Å². The van der Waals surface area contributed by atoms with Crippen LogP contribution in [-0.2, 0) is 0 Å². The number of aromatic nitrogens is 2. The third-order valence-electron chi connectivity index (χ3n) is 7.16. The Kier molecular flexibility index (Phi) is 6.92. The van der Waals surface area contributed by atoms with Crippen molar-refractivity contribution in [3.05, 3.63) is 131 Å². The number of ether oxygens (including phenoxy) is 1. The first-order valence-corrected chi connectivity index (χ1v) is 13.7. The predicted octanol–water partition coefficient (Wildman–Crippen LogP) is 7.82. The van der Waals surface area contributed by atoms with Crippen LogP contribution in [-0.4, -0.2) is 19.8 Å². The van der Waals surface area contributed by atoms with Crippen LogP contribution >= 0.6 is 23.8 Å². The van der Waals surface area contributed by atoms with Crippen LogP contribution in [0.15, 0.2) is 103 Å². The number of halogens is 1. The zero-order valence-corrected chi connectivity index (χ0v) is 23.5. The van der Waals surface area contributed by atoms with Crippen molar-refractivity contribution >= 4 is 34.6 Å². The Labute approximate surface area is 243 Å². The number of phenolic OH excluding ortho intramolecular Hbond substituents is 1. The second kappa shape index (κ2) is 10.7. The summed E-state index contributed by atoms with van der Waals surface area (Å²) in [5, 5.41) is 15.4. The van der Waals surface area contributed by atoms with Crippen molar-refractivity contribution < 1.29 is 9.84 Å². The Morgan fingerprint density at radius 3 is 2.35 bits per heavy atom. The van der Waals surface area contributed by atoms with Crippen LogP contribution in [0.2, 0.25) is 5.02 Å². The summed E-state index contributed by atoms with van der Waals surface area (Å²) in [6.07, 6.45) is 1.79. The van der Waals surface area contributed by atoms with Gasteiger partial charge in [-0.15, -0.1) is 0 Å². The molecule has 0 spiro atoms. The molecule has 0 amide bonds. The van der Waals surface area contributed by atoms with Crippen molar-refractivity contribution in [2.24, 2.45) is 0 Å². The highest BCUT2D eigenvalue weighted by atomic mass is 35.5. The molecule has 8 heteroatoms. The van der Waals surface area contributed by atoms with Crippen LogP contribution in [0.1, 0.15) is 34.7 Å². The quantitative estimate of drug-likeness (QED) is 0.204. The van der Waals surface area contributed by atoms with Crippen molar-refractivity contribution in [2.45, 2.75) is 25.9 Å². The number of pyridine rings is 1. The summed E-state index contributed by atoms with van der Waals surface area (Å²) in [6, 6.07) is 30.3. The van der Waals surface area contributed by atoms with E-state index in [9.17, 15) is 5.11 Å². The lowest BCUT2D eigenvalue weighted by molar-refractivity contribution is 0.471. The smallest absolute Gasteiger partial charge is 0.174 e. The number of rotatable bonds is 6. The molecule has 3 aromatic carbocycles. The summed E-state index contributed by atoms with van der Waals surface area (Å²) >= 11 is 12.2. The SMILES string of the molecule is Cc1cc([C@H]2[C@@H](c3ccccn3)NC(=S)N2c2ccc(Oc3ccccc3)cc2)c(C)n1-c1cc(Cl)ccc1O. The molecule has 1 aliphatic rings. The van der Waals surface area contributed by atoms with E-state index >= 15 is 0 Å². The van der Waals surface area contributed by atoms with Gasteiger partial charge in [-0.05, 0) is 104 Å². The van der Waals surface area contributed by atoms with Crippen LogP contribution in [0.25, 0.3) is 5.69 Å². The van der Waals surface area contributed by atoms with Crippen LogP contribution in [0.5, 0.6) is 17.2 Å². The standard InChI is InChI=1S/C32H27ClN4O2S/c1-20-18-26(21(2)36(20)28-19-22(33)11-16-29(28)38)31-30(27-10-6-7-17-34-27)35-32(40)37(31)23-12-14-25(15-13-23)39-24-8-4-3-5-9-24/h3-19,30-31,38H,1-2H3,(H,35,40)/t30-,31+/m1/s1. The molecule has 2 N–H and O–H groups in total. The Hall–Kier alpha value is -4.33. The predicted molar refractivity (Wildman–Crippen MR) is 163 cm³/mol. The number of benzene rings is 3. The van der Waals surface area contributed by atoms with Crippen molar-refractivity contribution in [2.75, 3.05) is 4.90 Å². The van der Waals surface area contributed by atoms with Gasteiger partial charge < -0.3 is 24.6 Å². The molecule has 200 valence electrons. The van der Waals surface area contributed by atoms with Gasteiger partial charge in [-0.3, -0.25) is 4.98 Å². The minimum Gasteiger partial charge on any atom is -0.506 e. The number of anilines is 1. The van der Waals surface area contributed by atoms with E-state index in [1.165, 1.54) is 0 Å². The monoisotopic (exact) mass is 566 g/mol. The molecule has 1 aliphatic heterocycles. The van der Waals surface area contributed by atoms with E-state index in [2.05, 4.69) is 28.2 Å². The molecule has 0 aliphatic carbocycles. The molecule has 6 rings (SSSR count). The highest BCUT2D eigenvalue weighted by Crippen LogP contribution is 2.44. The molecule has 2 aromatic heterocycles. The van der Waals surface area contributed by atoms with Crippen molar-refractivity contribution in [1.29, 1.82) is 0 Å². The van der Waals surface area contributed by atoms with Crippen molar-refractivity contribution in [3.63, 3.8) is 0 Å². The normalized spacial score (nSPS) is 16.7. The number of thiocarbonyl (C=S) groups is 1. The molecule has 0 radical (unpaired) electrons. The Morgan fingerprint density at radius 1 is 0.900 bits per heavy atom. The van der Waals surface area contributed by atoms with Crippen LogP contribution in [0, 0.1) is 13.8 Å². The van der Waals surface area contributed by atoms with E-state index in [0.29, 0.717) is 15.8 Å². The number of nitrogens with zero attached hydrogens (tertiary/aromatic N) is 3. The Bertz CT molecular complexity index is 1670. The maximum Gasteiger partial charge on any atom is 0.174 e. The Balaban J connectivity index is 1.44. The number of nitrogens with one attached hydrogen (secondary N) is 1. The topological polar surface area (TPSA) is 62.5 Å². The molecule has 1 saturated heterocycles. The number of hydrogen-bond acceptors (Lipinski definition) is 4. The number of phenols is 1. The van der Waals surface area contributed by atoms with Gasteiger partial charge in [0.05, 0.1) is 23.5 Å². The first-order valence-electron chi connectivity index (χ1n) is 12.9. The molecule has 6 nitrogen and oxygen atoms in total. The molecular formula is C32H27ClN4O2S. The zero-order chi connectivity index (χ0) is 27.8. The average molecular weight is 567 g/mol. The highest BCUT2D eigenvalue weighted by Gasteiger charge is 2.42. The molecular weight excluding hydrogens is 540 g/mol. The molecule has 1 fully saturated rings. The second-order valence-electron chi connectivity index (χ2n) is 9.70. The molecule has 2 atom stereocenters. The molecule has 5 aromatic rings. The van der Waals surface area contributed by atoms with Crippen molar-refractivity contribution in [3.8, 4) is 22.9 Å². The summed E-state index contributed by atoms with van der Waals surface area (Å²) < 4.78 is 8.05. The van der Waals surface area contributed by atoms with Gasteiger partial charge in [0.2, 0.25) is 0 Å². The van der Waals surface area contributed by atoms with Gasteiger partial charge in [0.1, 0.15) is 17.2 Å². The lowest BCUT2D eigenvalue weighted by Gasteiger charge is -2.28. The van der Waals surface area contributed by atoms with Gasteiger partial charge in [-0.25, -0.2) is 0 Å². The maximum atomic E-state index is 10.7.